The lowest BCUT2D eigenvalue weighted by atomic mass is 9.98. The maximum absolute atomic E-state index is 14.3. The highest BCUT2D eigenvalue weighted by molar-refractivity contribution is 6.09. The van der Waals surface area contributed by atoms with Gasteiger partial charge in [0.1, 0.15) is 24.4 Å². The van der Waals surface area contributed by atoms with Crippen molar-refractivity contribution in [3.05, 3.63) is 149 Å². The SMILES string of the molecule is COCCOc1cccc(Cn2c3cc(CC(=O)[C@@H]4CCCN4C(=O)[C@H](NC(C)=O)c4ccccc4)ccc3c3ccc(CC(=O)[C@@H]4CCCN4C(=O)[C@H](NC(=O)OC)c4ccccc4)cc32)c1. The molecule has 14 heteroatoms. The van der Waals surface area contributed by atoms with E-state index in [2.05, 4.69) is 15.2 Å². The van der Waals surface area contributed by atoms with Crippen LogP contribution in [0.4, 0.5) is 4.79 Å². The fourth-order valence-electron chi connectivity index (χ4n) is 9.68. The van der Waals surface area contributed by atoms with Gasteiger partial charge < -0.3 is 39.2 Å². The molecule has 14 nitrogen and oxygen atoms in total. The van der Waals surface area contributed by atoms with E-state index in [0.29, 0.717) is 75.4 Å². The van der Waals surface area contributed by atoms with Crippen LogP contribution in [0.15, 0.2) is 121 Å². The minimum absolute atomic E-state index is 0.0789. The molecule has 6 aromatic rings. The number of alkyl carbamates (subject to hydrolysis) is 1. The van der Waals surface area contributed by atoms with Crippen LogP contribution in [0.5, 0.6) is 5.75 Å². The van der Waals surface area contributed by atoms with Crippen LogP contribution in [-0.4, -0.2) is 102 Å². The van der Waals surface area contributed by atoms with E-state index in [4.69, 9.17) is 14.2 Å². The molecule has 0 radical (unpaired) electrons. The van der Waals surface area contributed by atoms with Gasteiger partial charge in [-0.3, -0.25) is 24.0 Å². The van der Waals surface area contributed by atoms with E-state index in [1.807, 2.05) is 84.9 Å². The van der Waals surface area contributed by atoms with Crippen molar-refractivity contribution >= 4 is 57.2 Å². The first kappa shape index (κ1) is 47.2. The third-order valence-corrected chi connectivity index (χ3v) is 12.9. The van der Waals surface area contributed by atoms with Crippen molar-refractivity contribution in [1.82, 2.24) is 25.0 Å². The van der Waals surface area contributed by atoms with Crippen molar-refractivity contribution in [2.75, 3.05) is 40.5 Å². The Morgan fingerprint density at radius 1 is 0.603 bits per heavy atom. The Labute approximate surface area is 395 Å². The molecule has 8 rings (SSSR count). The predicted molar refractivity (Wildman–Crippen MR) is 257 cm³/mol. The van der Waals surface area contributed by atoms with Gasteiger partial charge in [0, 0.05) is 68.3 Å². The smallest absolute Gasteiger partial charge is 0.407 e. The zero-order valence-electron chi connectivity index (χ0n) is 38.7. The number of fused-ring (bicyclic) bond motifs is 3. The van der Waals surface area contributed by atoms with E-state index in [-0.39, 0.29) is 42.1 Å². The average molecular weight is 920 g/mol. The minimum atomic E-state index is -1.02. The molecule has 2 aliphatic rings. The van der Waals surface area contributed by atoms with Gasteiger partial charge in [-0.15, -0.1) is 0 Å². The maximum atomic E-state index is 14.3. The van der Waals surface area contributed by atoms with Crippen LogP contribution >= 0.6 is 0 Å². The lowest BCUT2D eigenvalue weighted by Crippen LogP contribution is -2.47. The number of carbonyl (C=O) groups excluding carboxylic acids is 6. The van der Waals surface area contributed by atoms with E-state index >= 15 is 0 Å². The summed E-state index contributed by atoms with van der Waals surface area (Å²) in [6.45, 7) is 3.47. The lowest BCUT2D eigenvalue weighted by Gasteiger charge is -2.28. The summed E-state index contributed by atoms with van der Waals surface area (Å²) in [6.07, 6.45) is 1.79. The molecule has 0 unspecified atom stereocenters. The van der Waals surface area contributed by atoms with E-state index < -0.39 is 30.3 Å². The summed E-state index contributed by atoms with van der Waals surface area (Å²) in [5.74, 6) is -0.489. The summed E-state index contributed by atoms with van der Waals surface area (Å²) in [5, 5.41) is 7.41. The Bertz CT molecular complexity index is 2810. The Balaban J connectivity index is 1.08. The number of Topliss-reactive ketones (excluding diaryl/α,β-unsaturated/α-hetero) is 2. The number of amides is 4. The Morgan fingerprint density at radius 2 is 1.13 bits per heavy atom. The van der Waals surface area contributed by atoms with E-state index in [1.54, 1.807) is 53.3 Å². The third-order valence-electron chi connectivity index (χ3n) is 12.9. The fraction of sp³-hybridized carbons (Fsp3) is 0.333. The molecule has 3 heterocycles. The number of hydrogen-bond acceptors (Lipinski definition) is 9. The van der Waals surface area contributed by atoms with Crippen molar-refractivity contribution in [3.63, 3.8) is 0 Å². The summed E-state index contributed by atoms with van der Waals surface area (Å²) in [7, 11) is 2.87. The second-order valence-electron chi connectivity index (χ2n) is 17.5. The molecule has 0 saturated carbocycles. The summed E-state index contributed by atoms with van der Waals surface area (Å²) in [6, 6.07) is 34.7. The zero-order chi connectivity index (χ0) is 47.7. The molecule has 352 valence electrons. The van der Waals surface area contributed by atoms with Gasteiger partial charge in [0.15, 0.2) is 11.6 Å². The third kappa shape index (κ3) is 10.6. The minimum Gasteiger partial charge on any atom is -0.491 e. The summed E-state index contributed by atoms with van der Waals surface area (Å²) in [4.78, 5) is 84.5. The van der Waals surface area contributed by atoms with Gasteiger partial charge in [-0.05, 0) is 77.8 Å². The molecule has 4 atom stereocenters. The highest BCUT2D eigenvalue weighted by Gasteiger charge is 2.39. The molecule has 5 aromatic carbocycles. The first-order valence-electron chi connectivity index (χ1n) is 23.1. The number of rotatable bonds is 18. The Morgan fingerprint density at radius 3 is 1.63 bits per heavy atom. The Hall–Kier alpha value is -7.32. The van der Waals surface area contributed by atoms with Crippen LogP contribution in [0.25, 0.3) is 21.8 Å². The number of nitrogens with one attached hydrogen (secondary N) is 2. The number of ether oxygens (including phenoxy) is 3. The van der Waals surface area contributed by atoms with Crippen LogP contribution in [0.2, 0.25) is 0 Å². The van der Waals surface area contributed by atoms with Crippen LogP contribution in [0, 0.1) is 0 Å². The van der Waals surface area contributed by atoms with E-state index in [1.165, 1.54) is 14.0 Å². The first-order valence-corrected chi connectivity index (χ1v) is 23.1. The lowest BCUT2D eigenvalue weighted by molar-refractivity contribution is -0.140. The molecule has 2 fully saturated rings. The van der Waals surface area contributed by atoms with E-state index in [0.717, 1.165) is 38.5 Å². The van der Waals surface area contributed by atoms with Crippen LogP contribution in [-0.2, 0) is 52.8 Å². The highest BCUT2D eigenvalue weighted by Crippen LogP contribution is 2.34. The molecule has 0 bridgehead atoms. The van der Waals surface area contributed by atoms with Crippen molar-refractivity contribution in [2.24, 2.45) is 0 Å². The normalized spacial score (nSPS) is 16.6. The molecule has 2 aliphatic heterocycles. The number of aromatic nitrogens is 1. The standard InChI is InChI=1S/C54H57N5O9/c1-35(60)55-50(39-14-6-4-7-15-39)52(63)57-25-11-19-44(57)48(61)32-36-21-23-42-43-24-22-37(31-47(43)59(46(42)30-36)34-38-13-10-18-41(29-38)68-28-27-66-2)33-49(62)45-20-12-26-58(45)53(64)51(56-54(65)67-3)40-16-8-5-9-17-40/h4-10,13-18,21-24,29-31,44-45,50-51H,11-12,19-20,25-28,32-34H2,1-3H3,(H,55,60)(H,56,65)/t44-,45-,50+,51+/m0/s1. The number of nitrogens with zero attached hydrogens (tertiary/aromatic N) is 3. The van der Waals surface area contributed by atoms with E-state index in [9.17, 15) is 28.8 Å². The highest BCUT2D eigenvalue weighted by atomic mass is 16.5. The van der Waals surface area contributed by atoms with Gasteiger partial charge in [0.05, 0.1) is 25.8 Å². The molecule has 4 amide bonds. The molecule has 2 saturated heterocycles. The molecule has 68 heavy (non-hydrogen) atoms. The van der Waals surface area contributed by atoms with Crippen LogP contribution in [0.3, 0.4) is 0 Å². The fourth-order valence-corrected chi connectivity index (χ4v) is 9.68. The quantitative estimate of drug-likeness (QED) is 0.0860. The maximum Gasteiger partial charge on any atom is 0.407 e. The number of carbonyl (C=O) groups is 6. The van der Waals surface area contributed by atoms with Gasteiger partial charge in [-0.1, -0.05) is 97.1 Å². The number of benzene rings is 5. The second-order valence-corrected chi connectivity index (χ2v) is 17.5. The van der Waals surface area contributed by atoms with Gasteiger partial charge in [0.2, 0.25) is 11.8 Å². The van der Waals surface area contributed by atoms with Crippen molar-refractivity contribution in [1.29, 1.82) is 0 Å². The van der Waals surface area contributed by atoms with Crippen molar-refractivity contribution < 1.29 is 43.0 Å². The van der Waals surface area contributed by atoms with Gasteiger partial charge in [0.25, 0.3) is 5.91 Å². The largest absolute Gasteiger partial charge is 0.491 e. The summed E-state index contributed by atoms with van der Waals surface area (Å²) >= 11 is 0. The number of methoxy groups -OCH3 is 2. The van der Waals surface area contributed by atoms with Gasteiger partial charge in [-0.2, -0.15) is 0 Å². The van der Waals surface area contributed by atoms with Gasteiger partial charge >= 0.3 is 6.09 Å². The van der Waals surface area contributed by atoms with Crippen LogP contribution in [0.1, 0.15) is 72.5 Å². The summed E-state index contributed by atoms with van der Waals surface area (Å²) < 4.78 is 18.2. The Kier molecular flexibility index (Phi) is 14.9. The van der Waals surface area contributed by atoms with Crippen molar-refractivity contribution in [3.8, 4) is 5.75 Å². The molecule has 0 spiro atoms. The molecule has 0 aliphatic carbocycles. The molecular formula is C54H57N5O9. The van der Waals surface area contributed by atoms with Gasteiger partial charge in [-0.25, -0.2) is 4.79 Å². The molecule has 2 N–H and O–H groups in total. The number of hydrogen-bond donors (Lipinski definition) is 2. The van der Waals surface area contributed by atoms with Crippen molar-refractivity contribution in [2.45, 2.75) is 76.2 Å². The molecular weight excluding hydrogens is 863 g/mol. The molecule has 1 aromatic heterocycles. The predicted octanol–water partition coefficient (Wildman–Crippen LogP) is 7.05. The zero-order valence-corrected chi connectivity index (χ0v) is 38.7. The number of ketones is 2. The van der Waals surface area contributed by atoms with Crippen LogP contribution < -0.4 is 15.4 Å². The number of likely N-dealkylation sites (tertiary alicyclic amines) is 2. The first-order chi connectivity index (χ1) is 33.0. The second kappa shape index (κ2) is 21.5. The average Bonchev–Trinajstić information content (AvgIpc) is 4.12. The topological polar surface area (TPSA) is 166 Å². The summed E-state index contributed by atoms with van der Waals surface area (Å²) in [5.41, 5.74) is 5.58. The monoisotopic (exact) mass is 919 g/mol.